The van der Waals surface area contributed by atoms with E-state index in [0.717, 1.165) is 24.0 Å². The Bertz CT molecular complexity index is 585. The van der Waals surface area contributed by atoms with Gasteiger partial charge >= 0.3 is 0 Å². The molecule has 1 aromatic heterocycles. The van der Waals surface area contributed by atoms with Crippen LogP contribution < -0.4 is 4.74 Å². The van der Waals surface area contributed by atoms with Gasteiger partial charge in [-0.05, 0) is 18.1 Å². The molecule has 0 bridgehead atoms. The Hall–Kier alpha value is -1.52. The molecule has 4 nitrogen and oxygen atoms in total. The molecule has 3 unspecified atom stereocenters. The van der Waals surface area contributed by atoms with Crippen LogP contribution in [-0.2, 0) is 4.74 Å². The summed E-state index contributed by atoms with van der Waals surface area (Å²) in [5, 5.41) is 11.4. The first-order valence-electron chi connectivity index (χ1n) is 7.14. The lowest BCUT2D eigenvalue weighted by molar-refractivity contribution is 0.0888. The van der Waals surface area contributed by atoms with Gasteiger partial charge in [0.15, 0.2) is 11.5 Å². The molecule has 0 amide bonds. The summed E-state index contributed by atoms with van der Waals surface area (Å²) in [6.45, 7) is 5.31. The zero-order chi connectivity index (χ0) is 14.1. The van der Waals surface area contributed by atoms with E-state index in [4.69, 9.17) is 13.9 Å². The van der Waals surface area contributed by atoms with Crippen molar-refractivity contribution in [3.63, 3.8) is 0 Å². The molecule has 1 aliphatic rings. The number of aliphatic hydroxyl groups is 1. The van der Waals surface area contributed by atoms with Gasteiger partial charge in [0.25, 0.3) is 0 Å². The molecule has 0 aliphatic carbocycles. The van der Waals surface area contributed by atoms with Crippen molar-refractivity contribution in [1.29, 1.82) is 0 Å². The fourth-order valence-corrected chi connectivity index (χ4v) is 2.21. The fourth-order valence-electron chi connectivity index (χ4n) is 2.21. The Morgan fingerprint density at radius 3 is 2.85 bits per heavy atom. The molecule has 108 valence electrons. The predicted molar refractivity (Wildman–Crippen MR) is 75.9 cm³/mol. The highest BCUT2D eigenvalue weighted by Gasteiger charge is 2.28. The quantitative estimate of drug-likeness (QED) is 0.823. The largest absolute Gasteiger partial charge is 0.486 e. The minimum atomic E-state index is -0.650. The lowest BCUT2D eigenvalue weighted by Crippen LogP contribution is -2.11. The topological polar surface area (TPSA) is 55.1 Å². The van der Waals surface area contributed by atoms with E-state index in [-0.39, 0.29) is 12.0 Å². The molecule has 20 heavy (non-hydrogen) atoms. The lowest BCUT2D eigenvalue weighted by Gasteiger charge is -2.16. The maximum Gasteiger partial charge on any atom is 0.175 e. The standard InChI is InChI=1S/C16H20O4/c1-3-10(2)14(17)16-15(19-9-11-8-18-11)12-6-4-5-7-13(12)20-16/h4-7,10-11,14,17H,3,8-9H2,1-2H3. The number of para-hydroxylation sites is 1. The number of ether oxygens (including phenoxy) is 2. The SMILES string of the molecule is CCC(C)C(O)c1oc2ccccc2c1OCC1CO1. The summed E-state index contributed by atoms with van der Waals surface area (Å²) in [6.07, 6.45) is 0.406. The molecule has 4 heteroatoms. The zero-order valence-corrected chi connectivity index (χ0v) is 11.8. The van der Waals surface area contributed by atoms with Gasteiger partial charge in [-0.3, -0.25) is 0 Å². The van der Waals surface area contributed by atoms with Crippen LogP contribution in [0.3, 0.4) is 0 Å². The summed E-state index contributed by atoms with van der Waals surface area (Å²) in [4.78, 5) is 0. The van der Waals surface area contributed by atoms with Gasteiger partial charge in [0, 0.05) is 0 Å². The molecule has 1 saturated heterocycles. The Morgan fingerprint density at radius 2 is 2.15 bits per heavy atom. The molecule has 1 N–H and O–H groups in total. The molecule has 1 aromatic carbocycles. The van der Waals surface area contributed by atoms with Gasteiger partial charge in [-0.1, -0.05) is 32.4 Å². The molecule has 3 rings (SSSR count). The summed E-state index contributed by atoms with van der Waals surface area (Å²) >= 11 is 0. The molecule has 1 fully saturated rings. The summed E-state index contributed by atoms with van der Waals surface area (Å²) in [7, 11) is 0. The van der Waals surface area contributed by atoms with Gasteiger partial charge < -0.3 is 19.0 Å². The first kappa shape index (κ1) is 13.5. The van der Waals surface area contributed by atoms with Gasteiger partial charge in [-0.2, -0.15) is 0 Å². The van der Waals surface area contributed by atoms with Gasteiger partial charge in [-0.15, -0.1) is 0 Å². The van der Waals surface area contributed by atoms with E-state index in [1.807, 2.05) is 31.2 Å². The molecule has 3 atom stereocenters. The molecule has 0 radical (unpaired) electrons. The smallest absolute Gasteiger partial charge is 0.175 e. The molecular formula is C16H20O4. The molecule has 2 heterocycles. The highest BCUT2D eigenvalue weighted by atomic mass is 16.6. The average molecular weight is 276 g/mol. The second-order valence-corrected chi connectivity index (χ2v) is 5.39. The van der Waals surface area contributed by atoms with Gasteiger partial charge in [-0.25, -0.2) is 0 Å². The molecule has 0 spiro atoms. The number of aliphatic hydroxyl groups excluding tert-OH is 1. The van der Waals surface area contributed by atoms with Crippen LogP contribution in [-0.4, -0.2) is 24.4 Å². The van der Waals surface area contributed by atoms with Crippen molar-refractivity contribution in [1.82, 2.24) is 0 Å². The van der Waals surface area contributed by atoms with E-state index in [0.29, 0.717) is 18.1 Å². The highest BCUT2D eigenvalue weighted by Crippen LogP contribution is 2.40. The summed E-state index contributed by atoms with van der Waals surface area (Å²) in [6, 6.07) is 7.70. The highest BCUT2D eigenvalue weighted by molar-refractivity contribution is 5.85. The van der Waals surface area contributed by atoms with Crippen molar-refractivity contribution in [2.24, 2.45) is 5.92 Å². The Kier molecular flexibility index (Phi) is 3.68. The van der Waals surface area contributed by atoms with Crippen LogP contribution in [0, 0.1) is 5.92 Å². The molecular weight excluding hydrogens is 256 g/mol. The third kappa shape index (κ3) is 2.53. The minimum absolute atomic E-state index is 0.120. The second-order valence-electron chi connectivity index (χ2n) is 5.39. The van der Waals surface area contributed by atoms with Crippen LogP contribution >= 0.6 is 0 Å². The first-order valence-corrected chi connectivity index (χ1v) is 7.14. The predicted octanol–water partition coefficient (Wildman–Crippen LogP) is 3.29. The van der Waals surface area contributed by atoms with E-state index in [1.165, 1.54) is 0 Å². The van der Waals surface area contributed by atoms with Crippen molar-refractivity contribution >= 4 is 11.0 Å². The number of furan rings is 1. The number of rotatable bonds is 6. The second kappa shape index (κ2) is 5.46. The number of hydrogen-bond acceptors (Lipinski definition) is 4. The van der Waals surface area contributed by atoms with Crippen LogP contribution in [0.2, 0.25) is 0 Å². The van der Waals surface area contributed by atoms with Crippen molar-refractivity contribution in [2.45, 2.75) is 32.5 Å². The molecule has 1 aliphatic heterocycles. The normalized spacial score (nSPS) is 20.9. The van der Waals surface area contributed by atoms with E-state index in [2.05, 4.69) is 6.92 Å². The third-order valence-corrected chi connectivity index (χ3v) is 3.84. The third-order valence-electron chi connectivity index (χ3n) is 3.84. The Morgan fingerprint density at radius 1 is 1.40 bits per heavy atom. The summed E-state index contributed by atoms with van der Waals surface area (Å²) in [5.74, 6) is 1.31. The van der Waals surface area contributed by atoms with Crippen molar-refractivity contribution in [3.8, 4) is 5.75 Å². The van der Waals surface area contributed by atoms with Crippen molar-refractivity contribution < 1.29 is 19.0 Å². The Balaban J connectivity index is 1.97. The first-order chi connectivity index (χ1) is 9.70. The summed E-state index contributed by atoms with van der Waals surface area (Å²) < 4.78 is 16.8. The van der Waals surface area contributed by atoms with E-state index < -0.39 is 6.10 Å². The monoisotopic (exact) mass is 276 g/mol. The molecule has 0 saturated carbocycles. The van der Waals surface area contributed by atoms with E-state index in [1.54, 1.807) is 0 Å². The number of epoxide rings is 1. The number of benzene rings is 1. The van der Waals surface area contributed by atoms with Gasteiger partial charge in [0.05, 0.1) is 12.0 Å². The number of fused-ring (bicyclic) bond motifs is 1. The number of hydrogen-bond donors (Lipinski definition) is 1. The van der Waals surface area contributed by atoms with E-state index in [9.17, 15) is 5.11 Å². The van der Waals surface area contributed by atoms with Crippen LogP contribution in [0.5, 0.6) is 5.75 Å². The fraction of sp³-hybridized carbons (Fsp3) is 0.500. The maximum absolute atomic E-state index is 10.4. The summed E-state index contributed by atoms with van der Waals surface area (Å²) in [5.41, 5.74) is 0.747. The molecule has 2 aromatic rings. The van der Waals surface area contributed by atoms with Gasteiger partial charge in [0.1, 0.15) is 24.4 Å². The van der Waals surface area contributed by atoms with Crippen LogP contribution in [0.25, 0.3) is 11.0 Å². The van der Waals surface area contributed by atoms with Crippen LogP contribution in [0.15, 0.2) is 28.7 Å². The van der Waals surface area contributed by atoms with Crippen molar-refractivity contribution in [3.05, 3.63) is 30.0 Å². The Labute approximate surface area is 118 Å². The lowest BCUT2D eigenvalue weighted by atomic mass is 9.99. The maximum atomic E-state index is 10.4. The van der Waals surface area contributed by atoms with Crippen LogP contribution in [0.1, 0.15) is 32.1 Å². The van der Waals surface area contributed by atoms with Crippen LogP contribution in [0.4, 0.5) is 0 Å². The van der Waals surface area contributed by atoms with Gasteiger partial charge in [0.2, 0.25) is 0 Å². The van der Waals surface area contributed by atoms with Crippen molar-refractivity contribution in [2.75, 3.05) is 13.2 Å². The zero-order valence-electron chi connectivity index (χ0n) is 11.8. The average Bonchev–Trinajstić information content (AvgIpc) is 3.23. The van der Waals surface area contributed by atoms with E-state index >= 15 is 0 Å². The minimum Gasteiger partial charge on any atom is -0.486 e.